The molecule has 1 N–H and O–H groups in total. The predicted octanol–water partition coefficient (Wildman–Crippen LogP) is 13.2. The fourth-order valence-electron chi connectivity index (χ4n) is 5.92. The molecule has 2 heteroatoms. The third-order valence-corrected chi connectivity index (χ3v) is 8.66. The second kappa shape index (κ2) is 32.7. The van der Waals surface area contributed by atoms with E-state index in [4.69, 9.17) is 0 Å². The van der Waals surface area contributed by atoms with E-state index in [1.807, 2.05) is 0 Å². The molecule has 2 nitrogen and oxygen atoms in total. The zero-order chi connectivity index (χ0) is 27.8. The molecule has 0 fully saturated rings. The highest BCUT2D eigenvalue weighted by molar-refractivity contribution is 5.69. The summed E-state index contributed by atoms with van der Waals surface area (Å²) >= 11 is 0. The molecule has 228 valence electrons. The van der Waals surface area contributed by atoms with Crippen molar-refractivity contribution in [2.45, 2.75) is 219 Å². The quantitative estimate of drug-likeness (QED) is 0.0847. The van der Waals surface area contributed by atoms with Gasteiger partial charge in [0, 0.05) is 0 Å². The van der Waals surface area contributed by atoms with Gasteiger partial charge in [0.05, 0.1) is 5.92 Å². The Balaban J connectivity index is 3.36. The number of rotatable bonds is 33. The van der Waals surface area contributed by atoms with Gasteiger partial charge in [0.1, 0.15) is 0 Å². The lowest BCUT2D eigenvalue weighted by atomic mass is 9.94. The van der Waals surface area contributed by atoms with Crippen molar-refractivity contribution in [3.8, 4) is 0 Å². The van der Waals surface area contributed by atoms with E-state index in [0.717, 1.165) is 25.7 Å². The zero-order valence-corrected chi connectivity index (χ0v) is 26.6. The van der Waals surface area contributed by atoms with Crippen LogP contribution in [0.5, 0.6) is 0 Å². The number of hydrogen-bond acceptors (Lipinski definition) is 1. The molecule has 1 unspecified atom stereocenters. The number of carboxylic acid groups (broad SMARTS) is 1. The van der Waals surface area contributed by atoms with Crippen LogP contribution >= 0.6 is 0 Å². The number of aliphatic carboxylic acids is 1. The fraction of sp³-hybridized carbons (Fsp3) is 0.972. The van der Waals surface area contributed by atoms with Crippen molar-refractivity contribution in [1.29, 1.82) is 0 Å². The maximum Gasteiger partial charge on any atom is 0.306 e. The smallest absolute Gasteiger partial charge is 0.306 e. The van der Waals surface area contributed by atoms with E-state index >= 15 is 0 Å². The first-order valence-electron chi connectivity index (χ1n) is 17.9. The Morgan fingerprint density at radius 2 is 0.553 bits per heavy atom. The lowest BCUT2D eigenvalue weighted by Crippen LogP contribution is -2.13. The maximum absolute atomic E-state index is 11.6. The standard InChI is InChI=1S/C36H72O2/c1-3-5-7-9-11-13-15-17-18-19-20-21-22-24-26-28-30-32-34-35(36(37)38)33-31-29-27-25-23-16-14-12-10-8-6-4-2/h35H,3-34H2,1-2H3,(H,37,38). The highest BCUT2D eigenvalue weighted by atomic mass is 16.4. The van der Waals surface area contributed by atoms with Crippen molar-refractivity contribution in [2.24, 2.45) is 5.92 Å². The molecule has 0 saturated carbocycles. The van der Waals surface area contributed by atoms with Gasteiger partial charge in [-0.15, -0.1) is 0 Å². The van der Waals surface area contributed by atoms with Crippen LogP contribution in [0.4, 0.5) is 0 Å². The minimum absolute atomic E-state index is 0.0980. The van der Waals surface area contributed by atoms with Crippen LogP contribution in [0.3, 0.4) is 0 Å². The highest BCUT2D eigenvalue weighted by Gasteiger charge is 2.16. The van der Waals surface area contributed by atoms with Crippen LogP contribution in [0, 0.1) is 5.92 Å². The zero-order valence-electron chi connectivity index (χ0n) is 26.6. The molecule has 0 amide bonds. The van der Waals surface area contributed by atoms with E-state index in [1.165, 1.54) is 180 Å². The molecule has 0 aromatic heterocycles. The van der Waals surface area contributed by atoms with Gasteiger partial charge in [0.15, 0.2) is 0 Å². The van der Waals surface area contributed by atoms with Gasteiger partial charge in [-0.25, -0.2) is 0 Å². The lowest BCUT2D eigenvalue weighted by molar-refractivity contribution is -0.142. The molecule has 0 aromatic rings. The third kappa shape index (κ3) is 30.0. The van der Waals surface area contributed by atoms with Gasteiger partial charge in [0.2, 0.25) is 0 Å². The summed E-state index contributed by atoms with van der Waals surface area (Å²) in [6, 6.07) is 0. The molecule has 38 heavy (non-hydrogen) atoms. The van der Waals surface area contributed by atoms with Crippen LogP contribution in [0.1, 0.15) is 219 Å². The first-order valence-corrected chi connectivity index (χ1v) is 17.9. The minimum Gasteiger partial charge on any atom is -0.481 e. The van der Waals surface area contributed by atoms with Crippen molar-refractivity contribution in [1.82, 2.24) is 0 Å². The van der Waals surface area contributed by atoms with E-state index in [9.17, 15) is 9.90 Å². The molecule has 0 aliphatic heterocycles. The monoisotopic (exact) mass is 537 g/mol. The van der Waals surface area contributed by atoms with E-state index < -0.39 is 5.97 Å². The average Bonchev–Trinajstić information content (AvgIpc) is 2.91. The molecule has 1 atom stereocenters. The van der Waals surface area contributed by atoms with Crippen molar-refractivity contribution < 1.29 is 9.90 Å². The molecule has 0 heterocycles. The van der Waals surface area contributed by atoms with Crippen LogP contribution in [-0.4, -0.2) is 11.1 Å². The molecule has 0 spiro atoms. The van der Waals surface area contributed by atoms with Crippen LogP contribution in [-0.2, 0) is 4.79 Å². The Morgan fingerprint density at radius 3 is 0.737 bits per heavy atom. The Bertz CT molecular complexity index is 447. The second-order valence-electron chi connectivity index (χ2n) is 12.5. The average molecular weight is 537 g/mol. The molecule has 0 aliphatic carbocycles. The fourth-order valence-corrected chi connectivity index (χ4v) is 5.92. The van der Waals surface area contributed by atoms with Gasteiger partial charge in [-0.05, 0) is 12.8 Å². The largest absolute Gasteiger partial charge is 0.481 e. The minimum atomic E-state index is -0.556. The summed E-state index contributed by atoms with van der Waals surface area (Å²) in [5, 5.41) is 9.59. The van der Waals surface area contributed by atoms with Crippen LogP contribution in [0.2, 0.25) is 0 Å². The van der Waals surface area contributed by atoms with Crippen molar-refractivity contribution in [3.63, 3.8) is 0 Å². The summed E-state index contributed by atoms with van der Waals surface area (Å²) in [6.07, 6.45) is 42.8. The normalized spacial score (nSPS) is 12.3. The number of unbranched alkanes of at least 4 members (excludes halogenated alkanes) is 28. The molecular formula is C36H72O2. The van der Waals surface area contributed by atoms with Crippen molar-refractivity contribution in [2.75, 3.05) is 0 Å². The summed E-state index contributed by atoms with van der Waals surface area (Å²) in [6.45, 7) is 4.57. The SMILES string of the molecule is CCCCCCCCCCCCCCCCCCCCC(CCCCCCCCCCCCCC)C(=O)O. The second-order valence-corrected chi connectivity index (χ2v) is 12.5. The summed E-state index contributed by atoms with van der Waals surface area (Å²) in [7, 11) is 0. The van der Waals surface area contributed by atoms with E-state index in [1.54, 1.807) is 0 Å². The Hall–Kier alpha value is -0.530. The predicted molar refractivity (Wildman–Crippen MR) is 170 cm³/mol. The first kappa shape index (κ1) is 37.5. The maximum atomic E-state index is 11.6. The number of carbonyl (C=O) groups is 1. The van der Waals surface area contributed by atoms with Crippen molar-refractivity contribution >= 4 is 5.97 Å². The summed E-state index contributed by atoms with van der Waals surface area (Å²) < 4.78 is 0. The van der Waals surface area contributed by atoms with Gasteiger partial charge >= 0.3 is 5.97 Å². The Labute approximate surface area is 240 Å². The Kier molecular flexibility index (Phi) is 32.2. The van der Waals surface area contributed by atoms with E-state index in [2.05, 4.69) is 13.8 Å². The van der Waals surface area contributed by atoms with Gasteiger partial charge < -0.3 is 5.11 Å². The van der Waals surface area contributed by atoms with E-state index in [0.29, 0.717) is 0 Å². The highest BCUT2D eigenvalue weighted by Crippen LogP contribution is 2.20. The molecule has 0 bridgehead atoms. The van der Waals surface area contributed by atoms with Crippen LogP contribution in [0.15, 0.2) is 0 Å². The summed E-state index contributed by atoms with van der Waals surface area (Å²) in [5.41, 5.74) is 0. The molecule has 0 saturated heterocycles. The number of hydrogen-bond donors (Lipinski definition) is 1. The van der Waals surface area contributed by atoms with Gasteiger partial charge in [-0.3, -0.25) is 4.79 Å². The Morgan fingerprint density at radius 1 is 0.368 bits per heavy atom. The van der Waals surface area contributed by atoms with Gasteiger partial charge in [-0.2, -0.15) is 0 Å². The third-order valence-electron chi connectivity index (χ3n) is 8.66. The molecule has 0 radical (unpaired) electrons. The summed E-state index contributed by atoms with van der Waals surface area (Å²) in [4.78, 5) is 11.6. The summed E-state index contributed by atoms with van der Waals surface area (Å²) in [5.74, 6) is -0.653. The first-order chi connectivity index (χ1) is 18.7. The molecular weight excluding hydrogens is 464 g/mol. The van der Waals surface area contributed by atoms with Gasteiger partial charge in [0.25, 0.3) is 0 Å². The lowest BCUT2D eigenvalue weighted by Gasteiger charge is -2.12. The van der Waals surface area contributed by atoms with Crippen LogP contribution in [0.25, 0.3) is 0 Å². The van der Waals surface area contributed by atoms with Crippen molar-refractivity contribution in [3.05, 3.63) is 0 Å². The number of carboxylic acids is 1. The van der Waals surface area contributed by atoms with Crippen LogP contribution < -0.4 is 0 Å². The topological polar surface area (TPSA) is 37.3 Å². The molecule has 0 aliphatic rings. The molecule has 0 aromatic carbocycles. The van der Waals surface area contributed by atoms with E-state index in [-0.39, 0.29) is 5.92 Å². The molecule has 0 rings (SSSR count). The van der Waals surface area contributed by atoms with Gasteiger partial charge in [-0.1, -0.05) is 206 Å².